The van der Waals surface area contributed by atoms with Crippen molar-refractivity contribution in [3.8, 4) is 0 Å². The van der Waals surface area contributed by atoms with E-state index in [0.29, 0.717) is 0 Å². The summed E-state index contributed by atoms with van der Waals surface area (Å²) in [6.07, 6.45) is -5.08. The summed E-state index contributed by atoms with van der Waals surface area (Å²) in [5.74, 6) is -8.19. The lowest BCUT2D eigenvalue weighted by atomic mass is 9.46. The van der Waals surface area contributed by atoms with Crippen molar-refractivity contribution >= 4 is 11.8 Å². The van der Waals surface area contributed by atoms with Crippen molar-refractivity contribution in [2.75, 3.05) is 6.56 Å². The van der Waals surface area contributed by atoms with Crippen LogP contribution in [0.15, 0.2) is 23.8 Å². The fourth-order valence-electron chi connectivity index (χ4n) is 7.52. The van der Waals surface area contributed by atoms with Crippen LogP contribution in [0.4, 0.5) is 4.39 Å². The molecule has 10 atom stereocenters. The molecular weight excluding hydrogens is 467 g/mol. The monoisotopic (exact) mass is 511 g/mol. The van der Waals surface area contributed by atoms with Crippen LogP contribution in [-0.4, -0.2) is 64.3 Å². The number of carbonyl (C=O) groups is 2. The summed E-state index contributed by atoms with van der Waals surface area (Å²) in [5, 5.41) is 22.2. The highest BCUT2D eigenvalue weighted by atomic mass is 19.1. The first-order valence-electron chi connectivity index (χ1n) is 15.1. The molecule has 0 aromatic carbocycles. The zero-order chi connectivity index (χ0) is 31.0. The van der Waals surface area contributed by atoms with E-state index in [1.54, 1.807) is 20.8 Å². The first kappa shape index (κ1) is 20.4. The summed E-state index contributed by atoms with van der Waals surface area (Å²) in [6, 6.07) is 0. The van der Waals surface area contributed by atoms with Gasteiger partial charge in [0.25, 0.3) is 0 Å². The minimum Gasteiger partial charge on any atom is -0.457 e. The molecule has 4 fully saturated rings. The van der Waals surface area contributed by atoms with E-state index in [0.717, 1.165) is 12.2 Å². The minimum absolute atomic E-state index is 0.0369. The van der Waals surface area contributed by atoms with Gasteiger partial charge in [0.2, 0.25) is 5.78 Å². The average molecular weight is 512 g/mol. The Hall–Kier alpha value is -1.61. The van der Waals surface area contributed by atoms with Crippen molar-refractivity contribution in [3.63, 3.8) is 0 Å². The molecular formula is C28H39FO7. The van der Waals surface area contributed by atoms with Crippen LogP contribution >= 0.6 is 0 Å². The second-order valence-corrected chi connectivity index (χ2v) is 12.0. The summed E-state index contributed by atoms with van der Waals surface area (Å²) in [6.45, 7) is 6.00. The maximum Gasteiger partial charge on any atom is 0.308 e. The van der Waals surface area contributed by atoms with Gasteiger partial charge < -0.3 is 24.4 Å². The Morgan fingerprint density at radius 1 is 1.28 bits per heavy atom. The molecule has 0 aromatic rings. The van der Waals surface area contributed by atoms with Gasteiger partial charge in [0, 0.05) is 18.1 Å². The molecule has 7 nitrogen and oxygen atoms in total. The Labute approximate surface area is 219 Å². The Morgan fingerprint density at radius 3 is 2.64 bits per heavy atom. The molecule has 4 aliphatic carbocycles. The second-order valence-electron chi connectivity index (χ2n) is 12.0. The molecule has 1 saturated heterocycles. The minimum atomic E-state index is -3.15. The maximum atomic E-state index is 16.0. The third-order valence-corrected chi connectivity index (χ3v) is 9.02. The zero-order valence-corrected chi connectivity index (χ0v) is 21.6. The summed E-state index contributed by atoms with van der Waals surface area (Å²) in [7, 11) is 0. The van der Waals surface area contributed by atoms with E-state index >= 15 is 4.39 Å². The van der Waals surface area contributed by atoms with E-state index in [1.165, 1.54) is 26.8 Å². The van der Waals surface area contributed by atoms with E-state index < -0.39 is 95.0 Å². The average Bonchev–Trinajstić information content (AvgIpc) is 3.21. The molecule has 8 heteroatoms. The third kappa shape index (κ3) is 3.44. The van der Waals surface area contributed by atoms with Gasteiger partial charge in [0.05, 0.1) is 29.7 Å². The molecule has 1 heterocycles. The molecule has 0 spiro atoms. The van der Waals surface area contributed by atoms with Crippen LogP contribution in [0.3, 0.4) is 0 Å². The molecule has 2 unspecified atom stereocenters. The number of ketones is 1. The number of hydrogen-bond donors (Lipinski definition) is 2. The van der Waals surface area contributed by atoms with Crippen molar-refractivity contribution in [2.24, 2.45) is 34.5 Å². The molecule has 2 N–H and O–H groups in total. The summed E-state index contributed by atoms with van der Waals surface area (Å²) in [4.78, 5) is 26.6. The van der Waals surface area contributed by atoms with E-state index in [-0.39, 0.29) is 18.4 Å². The maximum absolute atomic E-state index is 16.0. The highest BCUT2D eigenvalue weighted by Gasteiger charge is 2.77. The van der Waals surface area contributed by atoms with Gasteiger partial charge in [-0.25, -0.2) is 4.39 Å². The van der Waals surface area contributed by atoms with E-state index in [1.807, 2.05) is 0 Å². The number of halogens is 1. The normalized spacial score (nSPS) is 57.1. The molecule has 3 saturated carbocycles. The number of allylic oxidation sites excluding steroid dienone is 2. The van der Waals surface area contributed by atoms with Crippen LogP contribution in [0.25, 0.3) is 0 Å². The smallest absolute Gasteiger partial charge is 0.308 e. The van der Waals surface area contributed by atoms with Crippen LogP contribution in [0.1, 0.15) is 67.7 Å². The Kier molecular flexibility index (Phi) is 4.63. The first-order chi connectivity index (χ1) is 18.4. The van der Waals surface area contributed by atoms with Crippen molar-refractivity contribution in [1.29, 1.82) is 0 Å². The Bertz CT molecular complexity index is 1250. The molecule has 5 aliphatic rings. The van der Waals surface area contributed by atoms with E-state index in [2.05, 4.69) is 0 Å². The molecule has 5 rings (SSSR count). The van der Waals surface area contributed by atoms with Gasteiger partial charge in [0.15, 0.2) is 17.9 Å². The standard InChI is InChI=1S/C28H39FO7/c1-14(2)24(33)34-13-21(32)28-22(35-25(3,4)36-28)11-17-16-10-19(29)18-9-15(30)7-8-26(18,5)23(16)20(31)12-27(17,28)6/h7-9,14-17,19-20,22-23,30-31H,10-13H2,1-6H3/t15-,16?,17?,19-,20-,22+,23+,26-,27-,28+/m0/s1/i13D2,15D,20D,23D. The molecule has 0 amide bonds. The number of rotatable bonds is 4. The van der Waals surface area contributed by atoms with Gasteiger partial charge >= 0.3 is 5.97 Å². The number of aliphatic hydroxyl groups is 2. The van der Waals surface area contributed by atoms with Gasteiger partial charge in [-0.1, -0.05) is 39.8 Å². The van der Waals surface area contributed by atoms with Gasteiger partial charge in [0.1, 0.15) is 6.17 Å². The zero-order valence-electron chi connectivity index (χ0n) is 26.6. The highest BCUT2D eigenvalue weighted by Crippen LogP contribution is 2.70. The predicted molar refractivity (Wildman–Crippen MR) is 128 cm³/mol. The van der Waals surface area contributed by atoms with Crippen molar-refractivity contribution in [1.82, 2.24) is 0 Å². The predicted octanol–water partition coefficient (Wildman–Crippen LogP) is 3.27. The topological polar surface area (TPSA) is 102 Å². The lowest BCUT2D eigenvalue weighted by molar-refractivity contribution is -0.227. The molecule has 0 radical (unpaired) electrons. The lowest BCUT2D eigenvalue weighted by Crippen LogP contribution is -2.64. The van der Waals surface area contributed by atoms with Crippen molar-refractivity contribution in [2.45, 2.75) is 96.6 Å². The summed E-state index contributed by atoms with van der Waals surface area (Å²) < 4.78 is 77.4. The quantitative estimate of drug-likeness (QED) is 0.441. The largest absolute Gasteiger partial charge is 0.457 e. The highest BCUT2D eigenvalue weighted by molar-refractivity contribution is 5.92. The molecule has 0 bridgehead atoms. The number of alkyl halides is 1. The van der Waals surface area contributed by atoms with Gasteiger partial charge in [-0.3, -0.25) is 9.59 Å². The third-order valence-electron chi connectivity index (χ3n) is 9.02. The lowest BCUT2D eigenvalue weighted by Gasteiger charge is -2.60. The van der Waals surface area contributed by atoms with E-state index in [9.17, 15) is 22.5 Å². The number of esters is 1. The fourth-order valence-corrected chi connectivity index (χ4v) is 7.52. The SMILES string of the molecule is [2H]C([2H])(OC(=O)C(C)C)C(=O)[C@@]12OC(C)(C)O[C@@H]1CC1C3C[C@H](F)C4=C[C@@]([2H])(O)C=C[C@]4(C)[C@@]3([2H])[C@@]([2H])(O)C[C@@]12C. The van der Waals surface area contributed by atoms with Crippen LogP contribution in [0, 0.1) is 34.5 Å². The number of ether oxygens (including phenoxy) is 3. The van der Waals surface area contributed by atoms with Gasteiger partial charge in [-0.15, -0.1) is 0 Å². The second kappa shape index (κ2) is 8.19. The Balaban J connectivity index is 1.67. The molecule has 1 aliphatic heterocycles. The first-order valence-corrected chi connectivity index (χ1v) is 12.6. The molecule has 200 valence electrons. The van der Waals surface area contributed by atoms with Gasteiger partial charge in [-0.2, -0.15) is 0 Å². The molecule has 0 aromatic heterocycles. The number of hydrogen-bond acceptors (Lipinski definition) is 7. The number of Topliss-reactive ketones (excluding diaryl/α,β-unsaturated/α-hetero) is 1. The fraction of sp³-hybridized carbons (Fsp3) is 0.786. The van der Waals surface area contributed by atoms with Crippen LogP contribution in [0.5, 0.6) is 0 Å². The number of fused-ring (bicyclic) bond motifs is 7. The number of carbonyl (C=O) groups excluding carboxylic acids is 2. The van der Waals surface area contributed by atoms with Crippen LogP contribution in [-0.2, 0) is 23.8 Å². The van der Waals surface area contributed by atoms with Crippen molar-refractivity contribution in [3.05, 3.63) is 23.8 Å². The summed E-state index contributed by atoms with van der Waals surface area (Å²) in [5.41, 5.74) is -5.33. The summed E-state index contributed by atoms with van der Waals surface area (Å²) >= 11 is 0. The van der Waals surface area contributed by atoms with Crippen molar-refractivity contribution < 1.29 is 45.3 Å². The molecule has 36 heavy (non-hydrogen) atoms. The van der Waals surface area contributed by atoms with Crippen LogP contribution in [0.2, 0.25) is 0 Å². The van der Waals surface area contributed by atoms with Gasteiger partial charge in [-0.05, 0) is 56.6 Å². The van der Waals surface area contributed by atoms with E-state index in [4.69, 9.17) is 18.3 Å². The van der Waals surface area contributed by atoms with Crippen LogP contribution < -0.4 is 0 Å². The Morgan fingerprint density at radius 2 is 1.97 bits per heavy atom.